The van der Waals surface area contributed by atoms with E-state index in [0.29, 0.717) is 16.5 Å². The lowest BCUT2D eigenvalue weighted by Gasteiger charge is -2.28. The second-order valence-electron chi connectivity index (χ2n) is 3.89. The first kappa shape index (κ1) is 10.3. The van der Waals surface area contributed by atoms with Gasteiger partial charge in [-0.3, -0.25) is 4.79 Å². The molecular formula is C11H12ClNO2. The van der Waals surface area contributed by atoms with Gasteiger partial charge in [-0.15, -0.1) is 0 Å². The van der Waals surface area contributed by atoms with Crippen molar-refractivity contribution in [3.05, 3.63) is 23.2 Å². The number of benzene rings is 1. The average Bonchev–Trinajstić information content (AvgIpc) is 2.16. The summed E-state index contributed by atoms with van der Waals surface area (Å²) >= 11 is 5.98. The number of hydrogen-bond acceptors (Lipinski definition) is 2. The van der Waals surface area contributed by atoms with E-state index in [1.165, 1.54) is 0 Å². The maximum Gasteiger partial charge on any atom is 0.265 e. The van der Waals surface area contributed by atoms with Crippen LogP contribution in [0.25, 0.3) is 0 Å². The molecule has 80 valence electrons. The largest absolute Gasteiger partial charge is 0.477 e. The first-order valence-electron chi connectivity index (χ1n) is 4.85. The van der Waals surface area contributed by atoms with E-state index in [0.717, 1.165) is 0 Å². The van der Waals surface area contributed by atoms with Gasteiger partial charge in [-0.25, -0.2) is 0 Å². The van der Waals surface area contributed by atoms with Crippen molar-refractivity contribution in [3.8, 4) is 5.75 Å². The summed E-state index contributed by atoms with van der Waals surface area (Å²) in [6.07, 6.45) is -0.461. The maximum absolute atomic E-state index is 11.6. The van der Waals surface area contributed by atoms with Crippen molar-refractivity contribution in [2.45, 2.75) is 20.0 Å². The molecule has 1 aliphatic rings. The molecule has 0 aromatic heterocycles. The summed E-state index contributed by atoms with van der Waals surface area (Å²) in [5.74, 6) is 0.576. The van der Waals surface area contributed by atoms with Gasteiger partial charge in [-0.05, 0) is 18.1 Å². The van der Waals surface area contributed by atoms with Crippen molar-refractivity contribution in [2.24, 2.45) is 5.92 Å². The highest BCUT2D eigenvalue weighted by Gasteiger charge is 2.31. The highest BCUT2D eigenvalue weighted by molar-refractivity contribution is 6.32. The minimum atomic E-state index is -0.461. The molecule has 0 radical (unpaired) electrons. The molecule has 1 atom stereocenters. The Balaban J connectivity index is 2.39. The van der Waals surface area contributed by atoms with Crippen LogP contribution in [-0.4, -0.2) is 12.0 Å². The van der Waals surface area contributed by atoms with Crippen molar-refractivity contribution in [1.29, 1.82) is 0 Å². The summed E-state index contributed by atoms with van der Waals surface area (Å²) in [5.41, 5.74) is 0.643. The molecule has 0 saturated carbocycles. The maximum atomic E-state index is 11.6. The van der Waals surface area contributed by atoms with Gasteiger partial charge in [-0.2, -0.15) is 0 Å². The molecule has 0 saturated heterocycles. The van der Waals surface area contributed by atoms with E-state index in [2.05, 4.69) is 5.32 Å². The molecule has 0 fully saturated rings. The van der Waals surface area contributed by atoms with Gasteiger partial charge in [-0.1, -0.05) is 31.5 Å². The predicted octanol–water partition coefficient (Wildman–Crippen LogP) is 2.70. The standard InChI is InChI=1S/C11H12ClNO2/c1-6(2)9-11(14)13-8-5-3-4-7(12)10(8)15-9/h3-6,9H,1-2H3,(H,13,14). The van der Waals surface area contributed by atoms with Gasteiger partial charge in [0.1, 0.15) is 0 Å². The Bertz CT molecular complexity index is 404. The third-order valence-electron chi connectivity index (χ3n) is 2.33. The number of carbonyl (C=O) groups excluding carboxylic acids is 1. The van der Waals surface area contributed by atoms with Crippen LogP contribution in [0.5, 0.6) is 5.75 Å². The summed E-state index contributed by atoms with van der Waals surface area (Å²) in [7, 11) is 0. The van der Waals surface area contributed by atoms with E-state index in [4.69, 9.17) is 16.3 Å². The number of nitrogens with one attached hydrogen (secondary N) is 1. The molecule has 2 rings (SSSR count). The third kappa shape index (κ3) is 1.79. The van der Waals surface area contributed by atoms with Crippen LogP contribution in [0.2, 0.25) is 5.02 Å². The number of rotatable bonds is 1. The van der Waals surface area contributed by atoms with Crippen LogP contribution in [0.3, 0.4) is 0 Å². The third-order valence-corrected chi connectivity index (χ3v) is 2.63. The molecular weight excluding hydrogens is 214 g/mol. The fourth-order valence-corrected chi connectivity index (χ4v) is 1.77. The van der Waals surface area contributed by atoms with Crippen molar-refractivity contribution < 1.29 is 9.53 Å². The zero-order chi connectivity index (χ0) is 11.0. The van der Waals surface area contributed by atoms with Gasteiger partial charge in [0.25, 0.3) is 5.91 Å². The Hall–Kier alpha value is -1.22. The van der Waals surface area contributed by atoms with Gasteiger partial charge < -0.3 is 10.1 Å². The zero-order valence-corrected chi connectivity index (χ0v) is 9.34. The van der Waals surface area contributed by atoms with Gasteiger partial charge >= 0.3 is 0 Å². The second kappa shape index (κ2) is 3.74. The highest BCUT2D eigenvalue weighted by atomic mass is 35.5. The van der Waals surface area contributed by atoms with Crippen LogP contribution >= 0.6 is 11.6 Å². The van der Waals surface area contributed by atoms with Crippen LogP contribution in [0.1, 0.15) is 13.8 Å². The summed E-state index contributed by atoms with van der Waals surface area (Å²) in [5, 5.41) is 3.31. The molecule has 0 spiro atoms. The normalized spacial score (nSPS) is 19.5. The number of para-hydroxylation sites is 1. The Kier molecular flexibility index (Phi) is 2.57. The van der Waals surface area contributed by atoms with Crippen LogP contribution < -0.4 is 10.1 Å². The Morgan fingerprint density at radius 2 is 2.20 bits per heavy atom. The summed E-state index contributed by atoms with van der Waals surface area (Å²) in [6, 6.07) is 5.30. The molecule has 0 aliphatic carbocycles. The molecule has 4 heteroatoms. The van der Waals surface area contributed by atoms with E-state index in [-0.39, 0.29) is 11.8 Å². The SMILES string of the molecule is CC(C)C1Oc2c(Cl)cccc2NC1=O. The average molecular weight is 226 g/mol. The highest BCUT2D eigenvalue weighted by Crippen LogP contribution is 2.37. The summed E-state index contributed by atoms with van der Waals surface area (Å²) in [4.78, 5) is 11.6. The number of halogens is 1. The Labute approximate surface area is 93.4 Å². The van der Waals surface area contributed by atoms with E-state index in [1.54, 1.807) is 18.2 Å². The number of carbonyl (C=O) groups is 1. The zero-order valence-electron chi connectivity index (χ0n) is 8.58. The number of hydrogen-bond donors (Lipinski definition) is 1. The lowest BCUT2D eigenvalue weighted by atomic mass is 10.0. The van der Waals surface area contributed by atoms with Crippen molar-refractivity contribution >= 4 is 23.2 Å². The molecule has 1 amide bonds. The molecule has 1 heterocycles. The lowest BCUT2D eigenvalue weighted by molar-refractivity contribution is -0.125. The molecule has 0 bridgehead atoms. The Morgan fingerprint density at radius 3 is 2.87 bits per heavy atom. The number of anilines is 1. The topological polar surface area (TPSA) is 38.3 Å². The summed E-state index contributed by atoms with van der Waals surface area (Å²) in [6.45, 7) is 3.87. The number of fused-ring (bicyclic) bond motifs is 1. The van der Waals surface area contributed by atoms with Gasteiger partial charge in [0, 0.05) is 0 Å². The van der Waals surface area contributed by atoms with E-state index in [1.807, 2.05) is 13.8 Å². The molecule has 1 aliphatic heterocycles. The first-order valence-corrected chi connectivity index (χ1v) is 5.23. The van der Waals surface area contributed by atoms with E-state index >= 15 is 0 Å². The van der Waals surface area contributed by atoms with Gasteiger partial charge in [0.05, 0.1) is 10.7 Å². The fraction of sp³-hybridized carbons (Fsp3) is 0.364. The van der Waals surface area contributed by atoms with Crippen LogP contribution in [-0.2, 0) is 4.79 Å². The minimum absolute atomic E-state index is 0.111. The number of amides is 1. The number of ether oxygens (including phenoxy) is 1. The fourth-order valence-electron chi connectivity index (χ4n) is 1.55. The van der Waals surface area contributed by atoms with E-state index < -0.39 is 6.10 Å². The molecule has 1 aromatic rings. The monoisotopic (exact) mass is 225 g/mol. The van der Waals surface area contributed by atoms with Gasteiger partial charge in [0.15, 0.2) is 11.9 Å². The van der Waals surface area contributed by atoms with Crippen LogP contribution in [0.15, 0.2) is 18.2 Å². The van der Waals surface area contributed by atoms with Crippen molar-refractivity contribution in [3.63, 3.8) is 0 Å². The Morgan fingerprint density at radius 1 is 1.47 bits per heavy atom. The van der Waals surface area contributed by atoms with Gasteiger partial charge in [0.2, 0.25) is 0 Å². The van der Waals surface area contributed by atoms with E-state index in [9.17, 15) is 4.79 Å². The lowest BCUT2D eigenvalue weighted by Crippen LogP contribution is -2.40. The van der Waals surface area contributed by atoms with Crippen molar-refractivity contribution in [2.75, 3.05) is 5.32 Å². The predicted molar refractivity (Wildman–Crippen MR) is 59.3 cm³/mol. The quantitative estimate of drug-likeness (QED) is 0.798. The van der Waals surface area contributed by atoms with Crippen LogP contribution in [0, 0.1) is 5.92 Å². The molecule has 1 unspecified atom stereocenters. The molecule has 3 nitrogen and oxygen atoms in total. The second-order valence-corrected chi connectivity index (χ2v) is 4.30. The molecule has 1 N–H and O–H groups in total. The smallest absolute Gasteiger partial charge is 0.265 e. The first-order chi connectivity index (χ1) is 7.09. The molecule has 15 heavy (non-hydrogen) atoms. The minimum Gasteiger partial charge on any atom is -0.477 e. The van der Waals surface area contributed by atoms with Crippen LogP contribution in [0.4, 0.5) is 5.69 Å². The summed E-state index contributed by atoms with van der Waals surface area (Å²) < 4.78 is 5.59. The molecule has 1 aromatic carbocycles. The van der Waals surface area contributed by atoms with Crippen molar-refractivity contribution in [1.82, 2.24) is 0 Å².